The van der Waals surface area contributed by atoms with Gasteiger partial charge in [0.15, 0.2) is 6.73 Å². The molecule has 0 fully saturated rings. The van der Waals surface area contributed by atoms with E-state index in [4.69, 9.17) is 16.3 Å². The summed E-state index contributed by atoms with van der Waals surface area (Å²) in [4.78, 5) is 12.6. The van der Waals surface area contributed by atoms with Gasteiger partial charge in [-0.05, 0) is 55.3 Å². The molecule has 0 spiro atoms. The highest BCUT2D eigenvalue weighted by Crippen LogP contribution is 2.20. The van der Waals surface area contributed by atoms with Crippen molar-refractivity contribution >= 4 is 23.2 Å². The zero-order chi connectivity index (χ0) is 17.8. The van der Waals surface area contributed by atoms with Gasteiger partial charge in [0.05, 0.1) is 0 Å². The Kier molecular flexibility index (Phi) is 5.05. The smallest absolute Gasteiger partial charge is 0.274 e. The molecule has 2 aromatic carbocycles. The Bertz CT molecular complexity index is 868. The van der Waals surface area contributed by atoms with Crippen molar-refractivity contribution in [3.63, 3.8) is 0 Å². The van der Waals surface area contributed by atoms with Gasteiger partial charge in [-0.2, -0.15) is 5.10 Å². The lowest BCUT2D eigenvalue weighted by molar-refractivity contribution is 0.100. The van der Waals surface area contributed by atoms with E-state index in [9.17, 15) is 4.79 Å². The molecular formula is C19H18ClN3O2. The fourth-order valence-electron chi connectivity index (χ4n) is 2.48. The van der Waals surface area contributed by atoms with Crippen LogP contribution < -0.4 is 10.1 Å². The van der Waals surface area contributed by atoms with Gasteiger partial charge >= 0.3 is 0 Å². The highest BCUT2D eigenvalue weighted by atomic mass is 35.5. The molecule has 25 heavy (non-hydrogen) atoms. The third kappa shape index (κ3) is 4.00. The Morgan fingerprint density at radius 2 is 1.80 bits per heavy atom. The van der Waals surface area contributed by atoms with Crippen LogP contribution in [0, 0.1) is 13.8 Å². The number of hydrogen-bond acceptors (Lipinski definition) is 3. The standard InChI is InChI=1S/C19H18ClN3O2/c1-13-4-3-5-14(2)18(13)22-19(24)17-10-11-21-23(17)12-25-16-8-6-15(20)7-9-16/h3-11H,12H2,1-2H3,(H,22,24). The van der Waals surface area contributed by atoms with E-state index in [0.717, 1.165) is 16.8 Å². The summed E-state index contributed by atoms with van der Waals surface area (Å²) in [7, 11) is 0. The highest BCUT2D eigenvalue weighted by molar-refractivity contribution is 6.30. The number of hydrogen-bond donors (Lipinski definition) is 1. The fraction of sp³-hybridized carbons (Fsp3) is 0.158. The van der Waals surface area contributed by atoms with Crippen molar-refractivity contribution in [3.05, 3.63) is 76.6 Å². The van der Waals surface area contributed by atoms with E-state index in [0.29, 0.717) is 16.5 Å². The molecule has 1 amide bonds. The van der Waals surface area contributed by atoms with E-state index in [2.05, 4.69) is 10.4 Å². The van der Waals surface area contributed by atoms with Crippen molar-refractivity contribution in [2.45, 2.75) is 20.6 Å². The normalized spacial score (nSPS) is 10.5. The minimum Gasteiger partial charge on any atom is -0.471 e. The first-order valence-corrected chi connectivity index (χ1v) is 8.20. The molecule has 1 heterocycles. The number of rotatable bonds is 5. The average Bonchev–Trinajstić information content (AvgIpc) is 3.06. The molecule has 3 aromatic rings. The van der Waals surface area contributed by atoms with Gasteiger partial charge in [0.25, 0.3) is 5.91 Å². The van der Waals surface area contributed by atoms with Gasteiger partial charge in [-0.3, -0.25) is 4.79 Å². The van der Waals surface area contributed by atoms with E-state index in [1.165, 1.54) is 4.68 Å². The lowest BCUT2D eigenvalue weighted by Gasteiger charge is -2.13. The molecule has 0 aliphatic carbocycles. The Morgan fingerprint density at radius 3 is 2.48 bits per heavy atom. The maximum absolute atomic E-state index is 12.6. The van der Waals surface area contributed by atoms with Crippen molar-refractivity contribution in [2.75, 3.05) is 5.32 Å². The number of para-hydroxylation sites is 1. The van der Waals surface area contributed by atoms with Crippen molar-refractivity contribution in [3.8, 4) is 5.75 Å². The molecule has 0 aliphatic rings. The molecule has 0 bridgehead atoms. The molecule has 128 valence electrons. The summed E-state index contributed by atoms with van der Waals surface area (Å²) >= 11 is 5.85. The van der Waals surface area contributed by atoms with Gasteiger partial charge in [0.2, 0.25) is 0 Å². The second-order valence-corrected chi connectivity index (χ2v) is 6.10. The number of ether oxygens (including phenoxy) is 1. The largest absolute Gasteiger partial charge is 0.471 e. The van der Waals surface area contributed by atoms with Gasteiger partial charge in [0, 0.05) is 16.9 Å². The van der Waals surface area contributed by atoms with E-state index >= 15 is 0 Å². The van der Waals surface area contributed by atoms with Crippen LogP contribution in [0.5, 0.6) is 5.75 Å². The van der Waals surface area contributed by atoms with E-state index < -0.39 is 0 Å². The van der Waals surface area contributed by atoms with Crippen LogP contribution in [0.15, 0.2) is 54.7 Å². The number of aryl methyl sites for hydroxylation is 2. The number of benzene rings is 2. The van der Waals surface area contributed by atoms with Crippen molar-refractivity contribution in [1.82, 2.24) is 9.78 Å². The number of amides is 1. The van der Waals surface area contributed by atoms with Gasteiger partial charge < -0.3 is 10.1 Å². The number of nitrogens with zero attached hydrogens (tertiary/aromatic N) is 2. The summed E-state index contributed by atoms with van der Waals surface area (Å²) in [6, 6.07) is 14.6. The van der Waals surface area contributed by atoms with Gasteiger partial charge in [-0.1, -0.05) is 29.8 Å². The molecule has 1 aromatic heterocycles. The molecular weight excluding hydrogens is 338 g/mol. The monoisotopic (exact) mass is 355 g/mol. The maximum Gasteiger partial charge on any atom is 0.274 e. The van der Waals surface area contributed by atoms with Crippen LogP contribution in [-0.4, -0.2) is 15.7 Å². The molecule has 6 heteroatoms. The number of nitrogens with one attached hydrogen (secondary N) is 1. The summed E-state index contributed by atoms with van der Waals surface area (Å²) in [5.74, 6) is 0.426. The Hall–Kier alpha value is -2.79. The third-order valence-corrected chi connectivity index (χ3v) is 4.09. The predicted octanol–water partition coefficient (Wildman–Crippen LogP) is 4.44. The van der Waals surface area contributed by atoms with E-state index in [1.807, 2.05) is 32.0 Å². The number of carbonyl (C=O) groups excluding carboxylic acids is 1. The fourth-order valence-corrected chi connectivity index (χ4v) is 2.61. The molecule has 3 rings (SSSR count). The molecule has 5 nitrogen and oxygen atoms in total. The SMILES string of the molecule is Cc1cccc(C)c1NC(=O)c1ccnn1COc1ccc(Cl)cc1. The Morgan fingerprint density at radius 1 is 1.12 bits per heavy atom. The first-order chi connectivity index (χ1) is 12.0. The van der Waals surface area contributed by atoms with Crippen LogP contribution in [0.1, 0.15) is 21.6 Å². The van der Waals surface area contributed by atoms with Crippen molar-refractivity contribution < 1.29 is 9.53 Å². The first-order valence-electron chi connectivity index (χ1n) is 7.82. The third-order valence-electron chi connectivity index (χ3n) is 3.84. The summed E-state index contributed by atoms with van der Waals surface area (Å²) in [6.45, 7) is 4.05. The minimum absolute atomic E-state index is 0.129. The second kappa shape index (κ2) is 7.40. The predicted molar refractivity (Wildman–Crippen MR) is 98.2 cm³/mol. The van der Waals surface area contributed by atoms with Gasteiger partial charge in [0.1, 0.15) is 11.4 Å². The molecule has 0 aliphatic heterocycles. The van der Waals surface area contributed by atoms with Crippen LogP contribution in [0.2, 0.25) is 5.02 Å². The van der Waals surface area contributed by atoms with Crippen LogP contribution in [0.4, 0.5) is 5.69 Å². The van der Waals surface area contributed by atoms with Crippen LogP contribution in [0.25, 0.3) is 0 Å². The zero-order valence-corrected chi connectivity index (χ0v) is 14.7. The maximum atomic E-state index is 12.6. The van der Waals surface area contributed by atoms with Gasteiger partial charge in [-0.25, -0.2) is 4.68 Å². The molecule has 1 N–H and O–H groups in total. The number of anilines is 1. The Labute approximate surface area is 151 Å². The lowest BCUT2D eigenvalue weighted by atomic mass is 10.1. The second-order valence-electron chi connectivity index (χ2n) is 5.66. The molecule has 0 radical (unpaired) electrons. The number of halogens is 1. The quantitative estimate of drug-likeness (QED) is 0.736. The van der Waals surface area contributed by atoms with E-state index in [1.54, 1.807) is 36.5 Å². The summed E-state index contributed by atoms with van der Waals surface area (Å²) in [5.41, 5.74) is 3.27. The van der Waals surface area contributed by atoms with E-state index in [-0.39, 0.29) is 12.6 Å². The summed E-state index contributed by atoms with van der Waals surface area (Å²) in [6.07, 6.45) is 1.57. The highest BCUT2D eigenvalue weighted by Gasteiger charge is 2.14. The minimum atomic E-state index is -0.227. The first kappa shape index (κ1) is 17.0. The zero-order valence-electron chi connectivity index (χ0n) is 14.0. The lowest BCUT2D eigenvalue weighted by Crippen LogP contribution is -2.20. The molecule has 0 atom stereocenters. The number of aromatic nitrogens is 2. The summed E-state index contributed by atoms with van der Waals surface area (Å²) < 4.78 is 7.17. The van der Waals surface area contributed by atoms with Crippen LogP contribution in [0.3, 0.4) is 0 Å². The molecule has 0 saturated carbocycles. The Balaban J connectivity index is 1.72. The van der Waals surface area contributed by atoms with Crippen LogP contribution in [-0.2, 0) is 6.73 Å². The van der Waals surface area contributed by atoms with Crippen molar-refractivity contribution in [2.24, 2.45) is 0 Å². The average molecular weight is 356 g/mol. The van der Waals surface area contributed by atoms with Crippen LogP contribution >= 0.6 is 11.6 Å². The molecule has 0 saturated heterocycles. The summed E-state index contributed by atoms with van der Waals surface area (Å²) in [5, 5.41) is 7.75. The topological polar surface area (TPSA) is 56.2 Å². The van der Waals surface area contributed by atoms with Crippen molar-refractivity contribution in [1.29, 1.82) is 0 Å². The molecule has 0 unspecified atom stereocenters. The number of carbonyl (C=O) groups is 1. The van der Waals surface area contributed by atoms with Gasteiger partial charge in [-0.15, -0.1) is 0 Å².